The SMILES string of the molecule is CC1CCN(c2ccnc(NN)n2)C1. The van der Waals surface area contributed by atoms with Crippen LogP contribution in [-0.2, 0) is 0 Å². The normalized spacial score (nSPS) is 21.3. The Bertz CT molecular complexity index is 314. The van der Waals surface area contributed by atoms with Crippen molar-refractivity contribution >= 4 is 11.8 Å². The Balaban J connectivity index is 2.15. The van der Waals surface area contributed by atoms with Crippen molar-refractivity contribution in [3.8, 4) is 0 Å². The summed E-state index contributed by atoms with van der Waals surface area (Å²) in [5.74, 6) is 7.43. The van der Waals surface area contributed by atoms with Gasteiger partial charge in [0.05, 0.1) is 0 Å². The summed E-state index contributed by atoms with van der Waals surface area (Å²) in [4.78, 5) is 10.5. The molecule has 3 N–H and O–H groups in total. The fourth-order valence-corrected chi connectivity index (χ4v) is 1.74. The molecule has 0 radical (unpaired) electrons. The zero-order valence-electron chi connectivity index (χ0n) is 8.27. The van der Waals surface area contributed by atoms with Crippen molar-refractivity contribution in [1.29, 1.82) is 0 Å². The minimum absolute atomic E-state index is 0.474. The monoisotopic (exact) mass is 193 g/mol. The van der Waals surface area contributed by atoms with Crippen LogP contribution in [0.1, 0.15) is 13.3 Å². The Labute approximate surface area is 83.3 Å². The highest BCUT2D eigenvalue weighted by Crippen LogP contribution is 2.21. The number of nitrogens with two attached hydrogens (primary N) is 1. The van der Waals surface area contributed by atoms with Gasteiger partial charge in [-0.15, -0.1) is 0 Å². The molecule has 76 valence electrons. The van der Waals surface area contributed by atoms with Crippen molar-refractivity contribution in [2.75, 3.05) is 23.4 Å². The number of hydrogen-bond donors (Lipinski definition) is 2. The van der Waals surface area contributed by atoms with Crippen LogP contribution < -0.4 is 16.2 Å². The van der Waals surface area contributed by atoms with E-state index in [2.05, 4.69) is 27.2 Å². The standard InChI is InChI=1S/C9H15N5/c1-7-3-5-14(6-7)8-2-4-11-9(12-8)13-10/h2,4,7H,3,5-6,10H2,1H3,(H,11,12,13). The van der Waals surface area contributed by atoms with E-state index in [1.807, 2.05) is 6.07 Å². The Morgan fingerprint density at radius 2 is 2.50 bits per heavy atom. The topological polar surface area (TPSA) is 67.1 Å². The number of nitrogens with one attached hydrogen (secondary N) is 1. The van der Waals surface area contributed by atoms with Gasteiger partial charge in [-0.1, -0.05) is 6.92 Å². The summed E-state index contributed by atoms with van der Waals surface area (Å²) in [6.07, 6.45) is 2.95. The van der Waals surface area contributed by atoms with E-state index < -0.39 is 0 Å². The lowest BCUT2D eigenvalue weighted by molar-refractivity contribution is 0.659. The fraction of sp³-hybridized carbons (Fsp3) is 0.556. The van der Waals surface area contributed by atoms with Gasteiger partial charge in [0.2, 0.25) is 5.95 Å². The lowest BCUT2D eigenvalue weighted by Crippen LogP contribution is -2.21. The highest BCUT2D eigenvalue weighted by atomic mass is 15.3. The summed E-state index contributed by atoms with van der Waals surface area (Å²) < 4.78 is 0. The van der Waals surface area contributed by atoms with Gasteiger partial charge < -0.3 is 4.90 Å². The number of hydrazine groups is 1. The molecule has 0 spiro atoms. The second kappa shape index (κ2) is 3.79. The van der Waals surface area contributed by atoms with Crippen LogP contribution in [0.4, 0.5) is 11.8 Å². The largest absolute Gasteiger partial charge is 0.356 e. The molecule has 0 aliphatic carbocycles. The molecule has 1 aromatic heterocycles. The van der Waals surface area contributed by atoms with E-state index >= 15 is 0 Å². The van der Waals surface area contributed by atoms with Crippen molar-refractivity contribution < 1.29 is 0 Å². The molecule has 0 aromatic carbocycles. The maximum absolute atomic E-state index is 5.25. The van der Waals surface area contributed by atoms with Crippen LogP contribution >= 0.6 is 0 Å². The van der Waals surface area contributed by atoms with Crippen LogP contribution in [0.2, 0.25) is 0 Å². The summed E-state index contributed by atoms with van der Waals surface area (Å²) in [5, 5.41) is 0. The third kappa shape index (κ3) is 1.77. The maximum atomic E-state index is 5.25. The lowest BCUT2D eigenvalue weighted by atomic mass is 10.2. The third-order valence-corrected chi connectivity index (χ3v) is 2.52. The molecule has 5 nitrogen and oxygen atoms in total. The molecular weight excluding hydrogens is 178 g/mol. The van der Waals surface area contributed by atoms with Gasteiger partial charge in [0.15, 0.2) is 0 Å². The van der Waals surface area contributed by atoms with Gasteiger partial charge in [0.1, 0.15) is 5.82 Å². The Hall–Kier alpha value is -1.36. The predicted molar refractivity (Wildman–Crippen MR) is 55.8 cm³/mol. The maximum Gasteiger partial charge on any atom is 0.239 e. The van der Waals surface area contributed by atoms with Crippen LogP contribution in [0.5, 0.6) is 0 Å². The summed E-state index contributed by atoms with van der Waals surface area (Å²) in [6, 6.07) is 1.92. The Morgan fingerprint density at radius 3 is 3.14 bits per heavy atom. The molecule has 1 aromatic rings. The van der Waals surface area contributed by atoms with Gasteiger partial charge in [0, 0.05) is 19.3 Å². The highest BCUT2D eigenvalue weighted by molar-refractivity contribution is 5.42. The van der Waals surface area contributed by atoms with Gasteiger partial charge in [0.25, 0.3) is 0 Å². The van der Waals surface area contributed by atoms with Crippen LogP contribution in [0.25, 0.3) is 0 Å². The van der Waals surface area contributed by atoms with Crippen molar-refractivity contribution in [1.82, 2.24) is 9.97 Å². The van der Waals surface area contributed by atoms with E-state index in [9.17, 15) is 0 Å². The predicted octanol–water partition coefficient (Wildman–Crippen LogP) is 0.608. The van der Waals surface area contributed by atoms with E-state index in [0.717, 1.165) is 24.8 Å². The van der Waals surface area contributed by atoms with Crippen molar-refractivity contribution in [3.63, 3.8) is 0 Å². The number of aromatic nitrogens is 2. The van der Waals surface area contributed by atoms with E-state index in [1.165, 1.54) is 6.42 Å². The first-order valence-corrected chi connectivity index (χ1v) is 4.84. The minimum atomic E-state index is 0.474. The molecule has 1 atom stereocenters. The molecule has 1 aliphatic rings. The van der Waals surface area contributed by atoms with Crippen LogP contribution in [0.3, 0.4) is 0 Å². The number of nitrogen functional groups attached to an aromatic ring is 1. The first-order chi connectivity index (χ1) is 6.79. The van der Waals surface area contributed by atoms with Gasteiger partial charge in [-0.3, -0.25) is 5.43 Å². The van der Waals surface area contributed by atoms with Gasteiger partial charge in [-0.05, 0) is 18.4 Å². The number of hydrogen-bond acceptors (Lipinski definition) is 5. The molecule has 5 heteroatoms. The van der Waals surface area contributed by atoms with Crippen LogP contribution in [0.15, 0.2) is 12.3 Å². The third-order valence-electron chi connectivity index (χ3n) is 2.52. The molecule has 2 rings (SSSR count). The zero-order valence-corrected chi connectivity index (χ0v) is 8.27. The van der Waals surface area contributed by atoms with Crippen molar-refractivity contribution in [2.24, 2.45) is 11.8 Å². The van der Waals surface area contributed by atoms with Crippen LogP contribution in [-0.4, -0.2) is 23.1 Å². The molecule has 1 aliphatic heterocycles. The average molecular weight is 193 g/mol. The lowest BCUT2D eigenvalue weighted by Gasteiger charge is -2.16. The number of rotatable bonds is 2. The molecule has 0 amide bonds. The second-order valence-corrected chi connectivity index (χ2v) is 3.72. The zero-order chi connectivity index (χ0) is 9.97. The summed E-state index contributed by atoms with van der Waals surface area (Å²) in [7, 11) is 0. The molecule has 0 saturated carbocycles. The fourth-order valence-electron chi connectivity index (χ4n) is 1.74. The van der Waals surface area contributed by atoms with E-state index in [-0.39, 0.29) is 0 Å². The van der Waals surface area contributed by atoms with E-state index in [4.69, 9.17) is 5.84 Å². The Kier molecular flexibility index (Phi) is 2.49. The summed E-state index contributed by atoms with van der Waals surface area (Å²) >= 11 is 0. The Morgan fingerprint density at radius 1 is 1.64 bits per heavy atom. The van der Waals surface area contributed by atoms with Gasteiger partial charge in [-0.25, -0.2) is 10.8 Å². The highest BCUT2D eigenvalue weighted by Gasteiger charge is 2.19. The van der Waals surface area contributed by atoms with Crippen molar-refractivity contribution in [3.05, 3.63) is 12.3 Å². The molecule has 1 fully saturated rings. The first kappa shape index (κ1) is 9.21. The number of anilines is 2. The molecule has 0 bridgehead atoms. The minimum Gasteiger partial charge on any atom is -0.356 e. The molecule has 14 heavy (non-hydrogen) atoms. The molecule has 1 unspecified atom stereocenters. The first-order valence-electron chi connectivity index (χ1n) is 4.84. The van der Waals surface area contributed by atoms with Gasteiger partial charge in [-0.2, -0.15) is 4.98 Å². The van der Waals surface area contributed by atoms with Gasteiger partial charge >= 0.3 is 0 Å². The second-order valence-electron chi connectivity index (χ2n) is 3.72. The summed E-state index contributed by atoms with van der Waals surface area (Å²) in [5.41, 5.74) is 2.45. The van der Waals surface area contributed by atoms with Crippen molar-refractivity contribution in [2.45, 2.75) is 13.3 Å². The van der Waals surface area contributed by atoms with E-state index in [1.54, 1.807) is 6.20 Å². The summed E-state index contributed by atoms with van der Waals surface area (Å²) in [6.45, 7) is 4.40. The van der Waals surface area contributed by atoms with E-state index in [0.29, 0.717) is 5.95 Å². The smallest absolute Gasteiger partial charge is 0.239 e. The number of nitrogens with zero attached hydrogens (tertiary/aromatic N) is 3. The molecular formula is C9H15N5. The van der Waals surface area contributed by atoms with Crippen LogP contribution in [0, 0.1) is 5.92 Å². The average Bonchev–Trinajstić information content (AvgIpc) is 2.65. The molecule has 1 saturated heterocycles. The quantitative estimate of drug-likeness (QED) is 0.532. The molecule has 2 heterocycles.